The molecular weight excluding hydrogens is 275 g/mol. The van der Waals surface area contributed by atoms with Crippen molar-refractivity contribution < 1.29 is 18.8 Å². The highest BCUT2D eigenvalue weighted by Crippen LogP contribution is 2.49. The van der Waals surface area contributed by atoms with Gasteiger partial charge in [0.2, 0.25) is 5.91 Å². The number of barbiturate groups is 1. The Labute approximate surface area is 112 Å². The number of hydrogen-bond acceptors (Lipinski definition) is 3. The third-order valence-electron chi connectivity index (χ3n) is 3.33. The molecule has 1 N–H and O–H groups in total. The summed E-state index contributed by atoms with van der Waals surface area (Å²) in [4.78, 5) is 36.4. The molecule has 0 bridgehead atoms. The number of rotatable bonds is 1. The monoisotopic (exact) mass is 282 g/mol. The second kappa shape index (κ2) is 3.77. The van der Waals surface area contributed by atoms with Gasteiger partial charge in [0.25, 0.3) is 5.91 Å². The van der Waals surface area contributed by atoms with Crippen molar-refractivity contribution in [3.63, 3.8) is 0 Å². The van der Waals surface area contributed by atoms with Crippen LogP contribution < -0.4 is 10.2 Å². The molecule has 1 aromatic rings. The first-order chi connectivity index (χ1) is 8.94. The molecule has 0 unspecified atom stereocenters. The van der Waals surface area contributed by atoms with Crippen molar-refractivity contribution in [2.75, 3.05) is 4.90 Å². The second-order valence-electron chi connectivity index (χ2n) is 4.61. The Bertz CT molecular complexity index is 607. The largest absolute Gasteiger partial charge is 0.335 e. The number of carbonyl (C=O) groups is 3. The summed E-state index contributed by atoms with van der Waals surface area (Å²) >= 11 is 5.70. The molecule has 4 amide bonds. The highest BCUT2D eigenvalue weighted by molar-refractivity contribution is 6.33. The molecule has 1 saturated heterocycles. The van der Waals surface area contributed by atoms with Crippen molar-refractivity contribution in [3.05, 3.63) is 29.0 Å². The van der Waals surface area contributed by atoms with Gasteiger partial charge in [-0.2, -0.15) is 0 Å². The van der Waals surface area contributed by atoms with Gasteiger partial charge in [-0.05, 0) is 31.0 Å². The van der Waals surface area contributed by atoms with Crippen molar-refractivity contribution in [1.82, 2.24) is 5.32 Å². The molecule has 1 spiro atoms. The number of nitrogens with zero attached hydrogens (tertiary/aromatic N) is 1. The number of hydrogen-bond donors (Lipinski definition) is 1. The number of urea groups is 1. The molecule has 5 nitrogen and oxygen atoms in total. The molecule has 0 aromatic heterocycles. The van der Waals surface area contributed by atoms with E-state index in [9.17, 15) is 18.8 Å². The van der Waals surface area contributed by atoms with Crippen LogP contribution in [0.5, 0.6) is 0 Å². The van der Waals surface area contributed by atoms with Crippen LogP contribution in [0.15, 0.2) is 18.2 Å². The predicted octanol–water partition coefficient (Wildman–Crippen LogP) is 1.84. The van der Waals surface area contributed by atoms with Crippen LogP contribution in [-0.2, 0) is 9.59 Å². The summed E-state index contributed by atoms with van der Waals surface area (Å²) in [5.74, 6) is -1.87. The van der Waals surface area contributed by atoms with E-state index in [1.54, 1.807) is 0 Å². The summed E-state index contributed by atoms with van der Waals surface area (Å²) in [6.45, 7) is 0. The number of carbonyl (C=O) groups excluding carboxylic acids is 3. The quantitative estimate of drug-likeness (QED) is 0.799. The minimum Gasteiger partial charge on any atom is -0.276 e. The minimum atomic E-state index is -1.16. The van der Waals surface area contributed by atoms with Crippen LogP contribution in [0.2, 0.25) is 5.02 Å². The van der Waals surface area contributed by atoms with E-state index in [1.807, 2.05) is 0 Å². The van der Waals surface area contributed by atoms with Gasteiger partial charge in [-0.1, -0.05) is 11.6 Å². The van der Waals surface area contributed by atoms with Crippen LogP contribution in [0, 0.1) is 11.2 Å². The van der Waals surface area contributed by atoms with E-state index in [0.29, 0.717) is 12.8 Å². The smallest absolute Gasteiger partial charge is 0.276 e. The standard InChI is InChI=1S/C12H8ClFN2O3/c13-6-3-7(14)5-8(4-6)16-10(18)12(1-2-12)9(17)15-11(16)19/h3-5H,1-2H2,(H,15,17,19). The fourth-order valence-corrected chi connectivity index (χ4v) is 2.36. The van der Waals surface area contributed by atoms with E-state index in [1.165, 1.54) is 6.07 Å². The molecule has 0 atom stereocenters. The zero-order valence-electron chi connectivity index (χ0n) is 9.57. The molecule has 7 heteroatoms. The number of anilines is 1. The maximum atomic E-state index is 13.3. The summed E-state index contributed by atoms with van der Waals surface area (Å²) in [5, 5.41) is 2.18. The lowest BCUT2D eigenvalue weighted by molar-refractivity contribution is -0.136. The maximum Gasteiger partial charge on any atom is 0.335 e. The van der Waals surface area contributed by atoms with E-state index in [4.69, 9.17) is 11.6 Å². The molecule has 19 heavy (non-hydrogen) atoms. The zero-order chi connectivity index (χ0) is 13.8. The van der Waals surface area contributed by atoms with Gasteiger partial charge in [-0.3, -0.25) is 14.9 Å². The van der Waals surface area contributed by atoms with Crippen molar-refractivity contribution in [2.45, 2.75) is 12.8 Å². The van der Waals surface area contributed by atoms with Crippen LogP contribution in [0.25, 0.3) is 0 Å². The van der Waals surface area contributed by atoms with Crippen LogP contribution >= 0.6 is 11.6 Å². The third kappa shape index (κ3) is 1.71. The molecule has 3 rings (SSSR count). The van der Waals surface area contributed by atoms with Crippen molar-refractivity contribution in [3.8, 4) is 0 Å². The van der Waals surface area contributed by atoms with Gasteiger partial charge in [-0.15, -0.1) is 0 Å². The number of nitrogens with one attached hydrogen (secondary N) is 1. The zero-order valence-corrected chi connectivity index (χ0v) is 10.3. The van der Waals surface area contributed by atoms with Crippen LogP contribution in [0.4, 0.5) is 14.9 Å². The second-order valence-corrected chi connectivity index (χ2v) is 5.05. The molecule has 0 radical (unpaired) electrons. The molecule has 1 saturated carbocycles. The Hall–Kier alpha value is -1.95. The molecule has 2 aliphatic rings. The van der Waals surface area contributed by atoms with Gasteiger partial charge in [0.1, 0.15) is 11.2 Å². The fourth-order valence-electron chi connectivity index (χ4n) is 2.14. The lowest BCUT2D eigenvalue weighted by Gasteiger charge is -2.30. The van der Waals surface area contributed by atoms with Gasteiger partial charge in [0.15, 0.2) is 0 Å². The summed E-state index contributed by atoms with van der Waals surface area (Å²) in [6, 6.07) is 2.51. The number of amides is 4. The number of halogens is 2. The van der Waals surface area contributed by atoms with Crippen LogP contribution in [-0.4, -0.2) is 17.8 Å². The van der Waals surface area contributed by atoms with Crippen LogP contribution in [0.1, 0.15) is 12.8 Å². The van der Waals surface area contributed by atoms with Gasteiger partial charge in [0.05, 0.1) is 5.69 Å². The van der Waals surface area contributed by atoms with E-state index < -0.39 is 29.1 Å². The van der Waals surface area contributed by atoms with Crippen molar-refractivity contribution in [2.24, 2.45) is 5.41 Å². The fraction of sp³-hybridized carbons (Fsp3) is 0.250. The molecule has 1 aliphatic carbocycles. The molecular formula is C12H8ClFN2O3. The van der Waals surface area contributed by atoms with Gasteiger partial charge in [-0.25, -0.2) is 14.1 Å². The lowest BCUT2D eigenvalue weighted by Crippen LogP contribution is -2.59. The highest BCUT2D eigenvalue weighted by atomic mass is 35.5. The SMILES string of the molecule is O=C1NC(=O)C2(CC2)C(=O)N1c1cc(F)cc(Cl)c1. The molecule has 2 fully saturated rings. The maximum absolute atomic E-state index is 13.3. The van der Waals surface area contributed by atoms with Crippen molar-refractivity contribution in [1.29, 1.82) is 0 Å². The normalized spacial score (nSPS) is 20.7. The molecule has 1 aliphatic heterocycles. The summed E-state index contributed by atoms with van der Waals surface area (Å²) < 4.78 is 13.3. The Morgan fingerprint density at radius 1 is 1.21 bits per heavy atom. The molecule has 1 heterocycles. The minimum absolute atomic E-state index is 0.0197. The Morgan fingerprint density at radius 2 is 1.89 bits per heavy atom. The Kier molecular flexibility index (Phi) is 2.40. The average molecular weight is 283 g/mol. The Morgan fingerprint density at radius 3 is 2.47 bits per heavy atom. The number of imide groups is 2. The van der Waals surface area contributed by atoms with Crippen LogP contribution in [0.3, 0.4) is 0 Å². The molecule has 98 valence electrons. The number of benzene rings is 1. The van der Waals surface area contributed by atoms with Gasteiger partial charge in [0, 0.05) is 5.02 Å². The first-order valence-corrected chi connectivity index (χ1v) is 5.98. The third-order valence-corrected chi connectivity index (χ3v) is 3.54. The first kappa shape index (κ1) is 12.1. The van der Waals surface area contributed by atoms with E-state index in [0.717, 1.165) is 17.0 Å². The molecule has 1 aromatic carbocycles. The van der Waals surface area contributed by atoms with E-state index >= 15 is 0 Å². The first-order valence-electron chi connectivity index (χ1n) is 5.60. The summed E-state index contributed by atoms with van der Waals surface area (Å²) in [6.07, 6.45) is 0.787. The summed E-state index contributed by atoms with van der Waals surface area (Å²) in [5.41, 5.74) is -1.14. The highest BCUT2D eigenvalue weighted by Gasteiger charge is 2.62. The van der Waals surface area contributed by atoms with Crippen molar-refractivity contribution >= 4 is 35.1 Å². The lowest BCUT2D eigenvalue weighted by atomic mass is 10.0. The van der Waals surface area contributed by atoms with E-state index in [2.05, 4.69) is 5.32 Å². The summed E-state index contributed by atoms with van der Waals surface area (Å²) in [7, 11) is 0. The predicted molar refractivity (Wildman–Crippen MR) is 64.1 cm³/mol. The Balaban J connectivity index is 2.06. The van der Waals surface area contributed by atoms with E-state index in [-0.39, 0.29) is 10.7 Å². The van der Waals surface area contributed by atoms with Gasteiger partial charge >= 0.3 is 6.03 Å². The average Bonchev–Trinajstić information content (AvgIpc) is 3.06. The van der Waals surface area contributed by atoms with Gasteiger partial charge < -0.3 is 0 Å². The topological polar surface area (TPSA) is 66.5 Å².